The van der Waals surface area contributed by atoms with Crippen LogP contribution in [-0.2, 0) is 20.9 Å². The average molecular weight is 320 g/mol. The largest absolute Gasteiger partial charge is 0.481 e. The molecule has 23 heavy (non-hydrogen) atoms. The summed E-state index contributed by atoms with van der Waals surface area (Å²) >= 11 is 0. The molecule has 1 rings (SSSR count). The lowest BCUT2D eigenvalue weighted by atomic mass is 10.2. The van der Waals surface area contributed by atoms with Crippen molar-refractivity contribution < 1.29 is 19.5 Å². The molecule has 0 aliphatic carbocycles. The third kappa shape index (κ3) is 7.44. The highest BCUT2D eigenvalue weighted by molar-refractivity contribution is 5.78. The minimum atomic E-state index is -0.864. The second-order valence-electron chi connectivity index (χ2n) is 5.49. The third-order valence-corrected chi connectivity index (χ3v) is 3.57. The molecule has 0 spiro atoms. The molecule has 2 amide bonds. The summed E-state index contributed by atoms with van der Waals surface area (Å²) in [7, 11) is 1.65. The van der Waals surface area contributed by atoms with Gasteiger partial charge in [0.2, 0.25) is 11.8 Å². The monoisotopic (exact) mass is 320 g/mol. The van der Waals surface area contributed by atoms with Gasteiger partial charge in [0.25, 0.3) is 0 Å². The number of nitrogens with zero attached hydrogens (tertiary/aromatic N) is 2. The van der Waals surface area contributed by atoms with Gasteiger partial charge in [0.05, 0.1) is 0 Å². The Bertz CT molecular complexity index is 531. The molecule has 0 bridgehead atoms. The SMILES string of the molecule is CC(=O)N(CCC(=O)N(C)CCCC(=O)O)Cc1ccccc1. The van der Waals surface area contributed by atoms with Gasteiger partial charge in [0.1, 0.15) is 0 Å². The van der Waals surface area contributed by atoms with E-state index in [2.05, 4.69) is 0 Å². The normalized spacial score (nSPS) is 10.2. The highest BCUT2D eigenvalue weighted by Gasteiger charge is 2.14. The molecule has 0 saturated heterocycles. The van der Waals surface area contributed by atoms with Crippen LogP contribution in [-0.4, -0.2) is 52.8 Å². The summed E-state index contributed by atoms with van der Waals surface area (Å²) in [5.74, 6) is -1.03. The van der Waals surface area contributed by atoms with Crippen LogP contribution in [0.2, 0.25) is 0 Å². The van der Waals surface area contributed by atoms with Crippen LogP contribution in [0, 0.1) is 0 Å². The Kier molecular flexibility index (Phi) is 7.80. The first-order valence-corrected chi connectivity index (χ1v) is 7.65. The van der Waals surface area contributed by atoms with E-state index in [0.29, 0.717) is 26.1 Å². The summed E-state index contributed by atoms with van der Waals surface area (Å²) < 4.78 is 0. The molecule has 0 aromatic heterocycles. The zero-order valence-corrected chi connectivity index (χ0v) is 13.7. The number of carboxylic acids is 1. The van der Waals surface area contributed by atoms with Crippen LogP contribution in [0.1, 0.15) is 31.7 Å². The second-order valence-corrected chi connectivity index (χ2v) is 5.49. The molecule has 6 nitrogen and oxygen atoms in total. The molecule has 0 heterocycles. The Morgan fingerprint density at radius 2 is 1.70 bits per heavy atom. The van der Waals surface area contributed by atoms with E-state index in [1.165, 1.54) is 11.8 Å². The van der Waals surface area contributed by atoms with Crippen molar-refractivity contribution in [3.8, 4) is 0 Å². The first-order chi connectivity index (χ1) is 10.9. The summed E-state index contributed by atoms with van der Waals surface area (Å²) in [5, 5.41) is 8.59. The summed E-state index contributed by atoms with van der Waals surface area (Å²) in [6.07, 6.45) is 0.708. The molecule has 1 aromatic rings. The van der Waals surface area contributed by atoms with Crippen molar-refractivity contribution in [1.82, 2.24) is 9.80 Å². The highest BCUT2D eigenvalue weighted by Crippen LogP contribution is 2.06. The Balaban J connectivity index is 2.43. The van der Waals surface area contributed by atoms with Gasteiger partial charge in [0, 0.05) is 46.4 Å². The van der Waals surface area contributed by atoms with Crippen LogP contribution in [0.5, 0.6) is 0 Å². The zero-order valence-electron chi connectivity index (χ0n) is 13.7. The molecule has 0 unspecified atom stereocenters. The van der Waals surface area contributed by atoms with Crippen molar-refractivity contribution >= 4 is 17.8 Å². The minimum absolute atomic E-state index is 0.0468. The standard InChI is InChI=1S/C17H24N2O4/c1-14(20)19(13-15-7-4-3-5-8-15)12-10-16(21)18(2)11-6-9-17(22)23/h3-5,7-8H,6,9-13H2,1-2H3,(H,22,23). The lowest BCUT2D eigenvalue weighted by Crippen LogP contribution is -2.34. The van der Waals surface area contributed by atoms with Gasteiger partial charge in [-0.1, -0.05) is 30.3 Å². The fourth-order valence-corrected chi connectivity index (χ4v) is 2.17. The molecule has 0 aliphatic rings. The van der Waals surface area contributed by atoms with Crippen molar-refractivity contribution in [1.29, 1.82) is 0 Å². The van der Waals surface area contributed by atoms with Gasteiger partial charge < -0.3 is 14.9 Å². The fraction of sp³-hybridized carbons (Fsp3) is 0.471. The number of carboxylic acid groups (broad SMARTS) is 1. The smallest absolute Gasteiger partial charge is 0.303 e. The Morgan fingerprint density at radius 3 is 2.26 bits per heavy atom. The molecule has 0 fully saturated rings. The van der Waals surface area contributed by atoms with Gasteiger partial charge in [-0.15, -0.1) is 0 Å². The number of carbonyl (C=O) groups is 3. The molecule has 0 aliphatic heterocycles. The number of hydrogen-bond donors (Lipinski definition) is 1. The van der Waals surface area contributed by atoms with E-state index < -0.39 is 5.97 Å². The van der Waals surface area contributed by atoms with Crippen LogP contribution in [0.15, 0.2) is 30.3 Å². The average Bonchev–Trinajstić information content (AvgIpc) is 2.51. The Morgan fingerprint density at radius 1 is 1.04 bits per heavy atom. The van der Waals surface area contributed by atoms with Crippen LogP contribution < -0.4 is 0 Å². The molecule has 126 valence electrons. The van der Waals surface area contributed by atoms with Crippen molar-refractivity contribution in [2.45, 2.75) is 32.7 Å². The second kappa shape index (κ2) is 9.61. The van der Waals surface area contributed by atoms with Crippen molar-refractivity contribution in [3.05, 3.63) is 35.9 Å². The van der Waals surface area contributed by atoms with Gasteiger partial charge in [0.15, 0.2) is 0 Å². The first kappa shape index (κ1) is 18.7. The topological polar surface area (TPSA) is 77.9 Å². The molecule has 1 aromatic carbocycles. The maximum atomic E-state index is 12.0. The molecular formula is C17H24N2O4. The molecule has 0 radical (unpaired) electrons. The quantitative estimate of drug-likeness (QED) is 0.752. The number of carbonyl (C=O) groups excluding carboxylic acids is 2. The van der Waals surface area contributed by atoms with Crippen molar-refractivity contribution in [2.75, 3.05) is 20.1 Å². The maximum Gasteiger partial charge on any atom is 0.303 e. The number of amides is 2. The van der Waals surface area contributed by atoms with Crippen LogP contribution in [0.3, 0.4) is 0 Å². The lowest BCUT2D eigenvalue weighted by Gasteiger charge is -2.23. The third-order valence-electron chi connectivity index (χ3n) is 3.57. The number of hydrogen-bond acceptors (Lipinski definition) is 3. The Hall–Kier alpha value is -2.37. The van der Waals surface area contributed by atoms with Gasteiger partial charge in [-0.05, 0) is 12.0 Å². The minimum Gasteiger partial charge on any atom is -0.481 e. The zero-order chi connectivity index (χ0) is 17.2. The van der Waals surface area contributed by atoms with Crippen LogP contribution in [0.25, 0.3) is 0 Å². The van der Waals surface area contributed by atoms with E-state index in [4.69, 9.17) is 5.11 Å². The molecular weight excluding hydrogens is 296 g/mol. The summed E-state index contributed by atoms with van der Waals surface area (Å²) in [5.41, 5.74) is 1.02. The van der Waals surface area contributed by atoms with E-state index in [9.17, 15) is 14.4 Å². The van der Waals surface area contributed by atoms with Gasteiger partial charge in [-0.25, -0.2) is 0 Å². The molecule has 6 heteroatoms. The van der Waals surface area contributed by atoms with Crippen molar-refractivity contribution in [3.63, 3.8) is 0 Å². The predicted molar refractivity (Wildman–Crippen MR) is 86.7 cm³/mol. The van der Waals surface area contributed by atoms with Gasteiger partial charge in [-0.3, -0.25) is 14.4 Å². The van der Waals surface area contributed by atoms with E-state index in [1.54, 1.807) is 11.9 Å². The highest BCUT2D eigenvalue weighted by atomic mass is 16.4. The lowest BCUT2D eigenvalue weighted by molar-refractivity contribution is -0.138. The molecule has 1 N–H and O–H groups in total. The summed E-state index contributed by atoms with van der Waals surface area (Å²) in [6, 6.07) is 9.62. The van der Waals surface area contributed by atoms with Gasteiger partial charge in [-0.2, -0.15) is 0 Å². The first-order valence-electron chi connectivity index (χ1n) is 7.65. The van der Waals surface area contributed by atoms with E-state index >= 15 is 0 Å². The summed E-state index contributed by atoms with van der Waals surface area (Å²) in [6.45, 7) is 2.73. The van der Waals surface area contributed by atoms with Crippen LogP contribution >= 0.6 is 0 Å². The molecule has 0 saturated carbocycles. The van der Waals surface area contributed by atoms with E-state index in [0.717, 1.165) is 5.56 Å². The maximum absolute atomic E-state index is 12.0. The van der Waals surface area contributed by atoms with Crippen molar-refractivity contribution in [2.24, 2.45) is 0 Å². The summed E-state index contributed by atoms with van der Waals surface area (Å²) in [4.78, 5) is 37.4. The Labute approximate surface area is 136 Å². The van der Waals surface area contributed by atoms with E-state index in [-0.39, 0.29) is 24.7 Å². The number of rotatable bonds is 9. The molecule has 0 atom stereocenters. The van der Waals surface area contributed by atoms with E-state index in [1.807, 2.05) is 30.3 Å². The number of benzene rings is 1. The predicted octanol–water partition coefficient (Wildman–Crippen LogP) is 1.75. The van der Waals surface area contributed by atoms with Gasteiger partial charge >= 0.3 is 5.97 Å². The number of aliphatic carboxylic acids is 1. The fourth-order valence-electron chi connectivity index (χ4n) is 2.17. The van der Waals surface area contributed by atoms with Crippen LogP contribution in [0.4, 0.5) is 0 Å².